The Morgan fingerprint density at radius 1 is 1.36 bits per heavy atom. The summed E-state index contributed by atoms with van der Waals surface area (Å²) in [6.45, 7) is 3.61. The Kier molecular flexibility index (Phi) is 4.24. The molecule has 22 heavy (non-hydrogen) atoms. The number of aryl methyl sites for hydroxylation is 1. The average molecular weight is 300 g/mol. The van der Waals surface area contributed by atoms with Gasteiger partial charge < -0.3 is 9.52 Å². The number of nitrogens with zero attached hydrogens (tertiary/aromatic N) is 2. The van der Waals surface area contributed by atoms with Crippen molar-refractivity contribution in [3.63, 3.8) is 0 Å². The van der Waals surface area contributed by atoms with Crippen LogP contribution in [0.25, 0.3) is 0 Å². The maximum atomic E-state index is 10.9. The molecule has 5 nitrogen and oxygen atoms in total. The predicted octanol–water partition coefficient (Wildman–Crippen LogP) is 3.41. The highest BCUT2D eigenvalue weighted by Gasteiger charge is 2.25. The lowest BCUT2D eigenvalue weighted by Gasteiger charge is -2.35. The molecule has 0 spiro atoms. The van der Waals surface area contributed by atoms with Crippen LogP contribution in [0.2, 0.25) is 0 Å². The van der Waals surface area contributed by atoms with Gasteiger partial charge in [0.1, 0.15) is 6.26 Å². The Morgan fingerprint density at radius 2 is 2.14 bits per heavy atom. The molecular formula is C17H20N2O3. The van der Waals surface area contributed by atoms with Gasteiger partial charge in [-0.05, 0) is 31.9 Å². The Morgan fingerprint density at radius 3 is 2.82 bits per heavy atom. The first-order valence-corrected chi connectivity index (χ1v) is 7.62. The van der Waals surface area contributed by atoms with Gasteiger partial charge in [-0.2, -0.15) is 0 Å². The van der Waals surface area contributed by atoms with Crippen molar-refractivity contribution in [2.45, 2.75) is 38.8 Å². The van der Waals surface area contributed by atoms with Crippen molar-refractivity contribution in [1.82, 2.24) is 9.88 Å². The molecule has 1 saturated heterocycles. The molecule has 1 aliphatic rings. The third-order valence-electron chi connectivity index (χ3n) is 4.19. The summed E-state index contributed by atoms with van der Waals surface area (Å²) in [5.41, 5.74) is 2.53. The van der Waals surface area contributed by atoms with E-state index in [0.29, 0.717) is 18.5 Å². The van der Waals surface area contributed by atoms with E-state index >= 15 is 0 Å². The van der Waals surface area contributed by atoms with Crippen molar-refractivity contribution in [3.8, 4) is 0 Å². The van der Waals surface area contributed by atoms with Crippen molar-refractivity contribution in [1.29, 1.82) is 0 Å². The van der Waals surface area contributed by atoms with E-state index in [-0.39, 0.29) is 5.69 Å². The second kappa shape index (κ2) is 6.32. The van der Waals surface area contributed by atoms with Crippen molar-refractivity contribution in [2.75, 3.05) is 6.54 Å². The first-order valence-electron chi connectivity index (χ1n) is 7.62. The van der Waals surface area contributed by atoms with Crippen LogP contribution in [0.15, 0.2) is 34.9 Å². The fourth-order valence-corrected chi connectivity index (χ4v) is 3.00. The number of benzene rings is 1. The zero-order valence-corrected chi connectivity index (χ0v) is 12.7. The zero-order valence-electron chi connectivity index (χ0n) is 12.7. The van der Waals surface area contributed by atoms with Crippen LogP contribution in [0.4, 0.5) is 0 Å². The Labute approximate surface area is 129 Å². The number of likely N-dealkylation sites (tertiary alicyclic amines) is 1. The number of hydrogen-bond acceptors (Lipinski definition) is 4. The SMILES string of the molecule is Cc1ccc(C2CCCCN2Cc2nc(C(=O)O)co2)cc1. The smallest absolute Gasteiger partial charge is 0.357 e. The summed E-state index contributed by atoms with van der Waals surface area (Å²) in [7, 11) is 0. The normalized spacial score (nSPS) is 19.2. The second-order valence-corrected chi connectivity index (χ2v) is 5.82. The first kappa shape index (κ1) is 14.8. The molecule has 1 aliphatic heterocycles. The summed E-state index contributed by atoms with van der Waals surface area (Å²) in [6, 6.07) is 8.97. The summed E-state index contributed by atoms with van der Waals surface area (Å²) in [4.78, 5) is 17.3. The second-order valence-electron chi connectivity index (χ2n) is 5.82. The van der Waals surface area contributed by atoms with E-state index in [2.05, 4.69) is 41.1 Å². The molecule has 0 amide bonds. The van der Waals surface area contributed by atoms with Gasteiger partial charge in [0.25, 0.3) is 0 Å². The number of piperidine rings is 1. The molecule has 1 fully saturated rings. The zero-order chi connectivity index (χ0) is 15.5. The number of rotatable bonds is 4. The molecule has 0 bridgehead atoms. The van der Waals surface area contributed by atoms with E-state index in [0.717, 1.165) is 19.4 Å². The highest BCUT2D eigenvalue weighted by atomic mass is 16.4. The molecule has 0 radical (unpaired) electrons. The third-order valence-corrected chi connectivity index (χ3v) is 4.19. The molecule has 1 aromatic heterocycles. The molecule has 1 aromatic carbocycles. The van der Waals surface area contributed by atoms with E-state index in [1.807, 2.05) is 0 Å². The van der Waals surface area contributed by atoms with Crippen LogP contribution >= 0.6 is 0 Å². The number of aromatic nitrogens is 1. The van der Waals surface area contributed by atoms with Crippen LogP contribution in [-0.4, -0.2) is 27.5 Å². The van der Waals surface area contributed by atoms with Gasteiger partial charge in [0, 0.05) is 6.04 Å². The molecule has 3 rings (SSSR count). The first-order chi connectivity index (χ1) is 10.6. The topological polar surface area (TPSA) is 66.6 Å². The largest absolute Gasteiger partial charge is 0.476 e. The minimum absolute atomic E-state index is 0.0288. The number of carbonyl (C=O) groups is 1. The monoisotopic (exact) mass is 300 g/mol. The Hall–Kier alpha value is -2.14. The Balaban J connectivity index is 1.77. The van der Waals surface area contributed by atoms with Gasteiger partial charge in [-0.15, -0.1) is 0 Å². The minimum atomic E-state index is -1.05. The third kappa shape index (κ3) is 3.20. The fraction of sp³-hybridized carbons (Fsp3) is 0.412. The minimum Gasteiger partial charge on any atom is -0.476 e. The summed E-state index contributed by atoms with van der Waals surface area (Å²) < 4.78 is 5.30. The van der Waals surface area contributed by atoms with Gasteiger partial charge in [-0.3, -0.25) is 4.90 Å². The Bertz CT molecular complexity index is 648. The molecule has 2 heterocycles. The van der Waals surface area contributed by atoms with Crippen LogP contribution in [-0.2, 0) is 6.54 Å². The highest BCUT2D eigenvalue weighted by Crippen LogP contribution is 2.32. The van der Waals surface area contributed by atoms with E-state index in [9.17, 15) is 4.79 Å². The van der Waals surface area contributed by atoms with Crippen LogP contribution in [0.3, 0.4) is 0 Å². The molecule has 2 aromatic rings. The van der Waals surface area contributed by atoms with Gasteiger partial charge in [0.05, 0.1) is 6.54 Å². The fourth-order valence-electron chi connectivity index (χ4n) is 3.00. The van der Waals surface area contributed by atoms with Crippen LogP contribution in [0.1, 0.15) is 52.8 Å². The standard InChI is InChI=1S/C17H20N2O3/c1-12-5-7-13(8-6-12)15-4-2-3-9-19(15)10-16-18-14(11-22-16)17(20)21/h5-8,11,15H,2-4,9-10H2,1H3,(H,20,21). The lowest BCUT2D eigenvalue weighted by Crippen LogP contribution is -2.33. The van der Waals surface area contributed by atoms with E-state index in [1.54, 1.807) is 0 Å². The number of carboxylic acid groups (broad SMARTS) is 1. The number of aromatic carboxylic acids is 1. The van der Waals surface area contributed by atoms with Crippen LogP contribution < -0.4 is 0 Å². The molecule has 5 heteroatoms. The molecular weight excluding hydrogens is 280 g/mol. The van der Waals surface area contributed by atoms with Crippen LogP contribution in [0, 0.1) is 6.92 Å². The lowest BCUT2D eigenvalue weighted by molar-refractivity contribution is 0.0690. The van der Waals surface area contributed by atoms with Crippen LogP contribution in [0.5, 0.6) is 0 Å². The molecule has 1 N–H and O–H groups in total. The quantitative estimate of drug-likeness (QED) is 0.937. The number of carboxylic acids is 1. The maximum absolute atomic E-state index is 10.9. The van der Waals surface area contributed by atoms with Gasteiger partial charge >= 0.3 is 5.97 Å². The summed E-state index contributed by atoms with van der Waals surface area (Å²) >= 11 is 0. The molecule has 0 aliphatic carbocycles. The number of hydrogen-bond donors (Lipinski definition) is 1. The molecule has 1 unspecified atom stereocenters. The van der Waals surface area contributed by atoms with Gasteiger partial charge in [0.2, 0.25) is 5.89 Å². The van der Waals surface area contributed by atoms with Crippen molar-refractivity contribution >= 4 is 5.97 Å². The molecule has 116 valence electrons. The molecule has 0 saturated carbocycles. The highest BCUT2D eigenvalue weighted by molar-refractivity contribution is 5.84. The van der Waals surface area contributed by atoms with Gasteiger partial charge in [0.15, 0.2) is 5.69 Å². The average Bonchev–Trinajstić information content (AvgIpc) is 2.98. The van der Waals surface area contributed by atoms with Gasteiger partial charge in [-0.25, -0.2) is 9.78 Å². The van der Waals surface area contributed by atoms with Crippen molar-refractivity contribution in [3.05, 3.63) is 53.2 Å². The van der Waals surface area contributed by atoms with Crippen molar-refractivity contribution in [2.24, 2.45) is 0 Å². The summed E-state index contributed by atoms with van der Waals surface area (Å²) in [5, 5.41) is 8.92. The summed E-state index contributed by atoms with van der Waals surface area (Å²) in [5.74, 6) is -0.583. The molecule has 1 atom stereocenters. The van der Waals surface area contributed by atoms with Gasteiger partial charge in [-0.1, -0.05) is 36.2 Å². The predicted molar refractivity (Wildman–Crippen MR) is 81.6 cm³/mol. The number of oxazole rings is 1. The summed E-state index contributed by atoms with van der Waals surface area (Å²) in [6.07, 6.45) is 4.67. The lowest BCUT2D eigenvalue weighted by atomic mass is 9.94. The maximum Gasteiger partial charge on any atom is 0.357 e. The van der Waals surface area contributed by atoms with E-state index in [1.165, 1.54) is 23.8 Å². The van der Waals surface area contributed by atoms with E-state index in [4.69, 9.17) is 9.52 Å². The van der Waals surface area contributed by atoms with Crippen molar-refractivity contribution < 1.29 is 14.3 Å². The van der Waals surface area contributed by atoms with E-state index < -0.39 is 5.97 Å².